The van der Waals surface area contributed by atoms with E-state index in [1.807, 2.05) is 0 Å². The van der Waals surface area contributed by atoms with Crippen LogP contribution in [0.15, 0.2) is 12.1 Å². The number of aliphatic hydroxyl groups is 1. The van der Waals surface area contributed by atoms with Gasteiger partial charge in [0, 0.05) is 5.56 Å². The molecule has 0 radical (unpaired) electrons. The Morgan fingerprint density at radius 2 is 2.31 bits per heavy atom. The van der Waals surface area contributed by atoms with Crippen LogP contribution in [0.5, 0.6) is 5.75 Å². The topological polar surface area (TPSA) is 53.2 Å². The maximum absolute atomic E-state index is 13.0. The van der Waals surface area contributed by atoms with Gasteiger partial charge in [-0.3, -0.25) is 0 Å². The fraction of sp³-hybridized carbons (Fsp3) is 0.222. The predicted molar refractivity (Wildman–Crippen MR) is 43.6 cm³/mol. The van der Waals surface area contributed by atoms with E-state index < -0.39 is 5.82 Å². The second-order valence-corrected chi connectivity index (χ2v) is 2.38. The Labute approximate surface area is 75.0 Å². The van der Waals surface area contributed by atoms with Crippen molar-refractivity contribution < 1.29 is 14.2 Å². The van der Waals surface area contributed by atoms with Gasteiger partial charge in [-0.05, 0) is 6.07 Å². The van der Waals surface area contributed by atoms with Crippen molar-refractivity contribution in [3.63, 3.8) is 0 Å². The number of hydrogen-bond acceptors (Lipinski definition) is 3. The first-order chi connectivity index (χ1) is 6.24. The molecule has 1 aromatic rings. The molecule has 1 rings (SSSR count). The first kappa shape index (κ1) is 9.49. The molecule has 0 saturated carbocycles. The summed E-state index contributed by atoms with van der Waals surface area (Å²) in [5.74, 6) is -0.540. The summed E-state index contributed by atoms with van der Waals surface area (Å²) in [7, 11) is 1.33. The summed E-state index contributed by atoms with van der Waals surface area (Å²) < 4.78 is 17.8. The predicted octanol–water partition coefficient (Wildman–Crippen LogP) is 1.20. The van der Waals surface area contributed by atoms with E-state index in [2.05, 4.69) is 0 Å². The van der Waals surface area contributed by atoms with Crippen molar-refractivity contribution in [2.24, 2.45) is 0 Å². The molecule has 0 amide bonds. The van der Waals surface area contributed by atoms with Gasteiger partial charge in [0.15, 0.2) is 0 Å². The van der Waals surface area contributed by atoms with Gasteiger partial charge in [-0.15, -0.1) is 0 Å². The molecule has 0 atom stereocenters. The molecule has 1 aromatic carbocycles. The molecule has 0 saturated heterocycles. The molecule has 13 heavy (non-hydrogen) atoms. The van der Waals surface area contributed by atoms with Crippen molar-refractivity contribution in [1.82, 2.24) is 0 Å². The monoisotopic (exact) mass is 181 g/mol. The average Bonchev–Trinajstić information content (AvgIpc) is 2.17. The molecule has 0 aliphatic rings. The third kappa shape index (κ3) is 1.60. The van der Waals surface area contributed by atoms with Crippen LogP contribution >= 0.6 is 0 Å². The zero-order chi connectivity index (χ0) is 9.84. The van der Waals surface area contributed by atoms with E-state index >= 15 is 0 Å². The van der Waals surface area contributed by atoms with Crippen molar-refractivity contribution in [3.8, 4) is 11.8 Å². The molecule has 4 heteroatoms. The lowest BCUT2D eigenvalue weighted by molar-refractivity contribution is 0.273. The maximum atomic E-state index is 13.0. The molecule has 0 heterocycles. The second kappa shape index (κ2) is 3.87. The highest BCUT2D eigenvalue weighted by Gasteiger charge is 2.12. The Kier molecular flexibility index (Phi) is 2.83. The van der Waals surface area contributed by atoms with Gasteiger partial charge in [0.1, 0.15) is 23.2 Å². The van der Waals surface area contributed by atoms with Crippen molar-refractivity contribution in [2.75, 3.05) is 7.11 Å². The van der Waals surface area contributed by atoms with Crippen LogP contribution in [0.2, 0.25) is 0 Å². The molecule has 0 aliphatic heterocycles. The van der Waals surface area contributed by atoms with Gasteiger partial charge >= 0.3 is 0 Å². The van der Waals surface area contributed by atoms with Crippen molar-refractivity contribution in [2.45, 2.75) is 6.61 Å². The van der Waals surface area contributed by atoms with Gasteiger partial charge in [0.05, 0.1) is 13.7 Å². The Morgan fingerprint density at radius 3 is 2.77 bits per heavy atom. The molecule has 0 bridgehead atoms. The minimum absolute atomic E-state index is 0.102. The summed E-state index contributed by atoms with van der Waals surface area (Å²) in [4.78, 5) is 0. The van der Waals surface area contributed by atoms with Crippen LogP contribution in [0.25, 0.3) is 0 Å². The van der Waals surface area contributed by atoms with E-state index in [-0.39, 0.29) is 17.9 Å². The third-order valence-corrected chi connectivity index (χ3v) is 1.67. The molecular formula is C9H8FNO2. The number of nitrogens with zero attached hydrogens (tertiary/aromatic N) is 1. The number of rotatable bonds is 2. The highest BCUT2D eigenvalue weighted by molar-refractivity contribution is 5.49. The number of aliphatic hydroxyl groups excluding tert-OH is 1. The first-order valence-corrected chi connectivity index (χ1v) is 3.61. The van der Waals surface area contributed by atoms with Gasteiger partial charge in [-0.2, -0.15) is 5.26 Å². The number of hydrogen-bond donors (Lipinski definition) is 1. The van der Waals surface area contributed by atoms with Crippen LogP contribution in [0.3, 0.4) is 0 Å². The van der Waals surface area contributed by atoms with E-state index in [0.717, 1.165) is 6.07 Å². The highest BCUT2D eigenvalue weighted by Crippen LogP contribution is 2.25. The van der Waals surface area contributed by atoms with Crippen molar-refractivity contribution in [3.05, 3.63) is 29.1 Å². The third-order valence-electron chi connectivity index (χ3n) is 1.67. The van der Waals surface area contributed by atoms with Crippen molar-refractivity contribution >= 4 is 0 Å². The molecule has 0 spiro atoms. The molecule has 1 N–H and O–H groups in total. The summed E-state index contributed by atoms with van der Waals surface area (Å²) in [6, 6.07) is 4.19. The number of halogens is 1. The number of ether oxygens (including phenoxy) is 1. The minimum atomic E-state index is -0.642. The second-order valence-electron chi connectivity index (χ2n) is 2.38. The van der Waals surface area contributed by atoms with Crippen LogP contribution in [-0.2, 0) is 6.61 Å². The maximum Gasteiger partial charge on any atom is 0.145 e. The Balaban J connectivity index is 3.38. The lowest BCUT2D eigenvalue weighted by Crippen LogP contribution is -1.97. The summed E-state index contributed by atoms with van der Waals surface area (Å²) in [5, 5.41) is 17.4. The van der Waals surface area contributed by atoms with E-state index in [1.165, 1.54) is 13.2 Å². The van der Waals surface area contributed by atoms with Crippen LogP contribution in [0.1, 0.15) is 11.1 Å². The summed E-state index contributed by atoms with van der Waals surface area (Å²) in [6.07, 6.45) is 0. The molecule has 68 valence electrons. The summed E-state index contributed by atoms with van der Waals surface area (Å²) in [6.45, 7) is -0.280. The fourth-order valence-corrected chi connectivity index (χ4v) is 1.06. The molecule has 3 nitrogen and oxygen atoms in total. The average molecular weight is 181 g/mol. The largest absolute Gasteiger partial charge is 0.495 e. The quantitative estimate of drug-likeness (QED) is 0.745. The normalized spacial score (nSPS) is 9.38. The lowest BCUT2D eigenvalue weighted by Gasteiger charge is -2.07. The zero-order valence-electron chi connectivity index (χ0n) is 7.04. The van der Waals surface area contributed by atoms with Gasteiger partial charge in [0.25, 0.3) is 0 Å². The summed E-state index contributed by atoms with van der Waals surface area (Å²) in [5.41, 5.74) is 0.231. The number of methoxy groups -OCH3 is 1. The van der Waals surface area contributed by atoms with Gasteiger partial charge in [-0.25, -0.2) is 4.39 Å². The fourth-order valence-electron chi connectivity index (χ4n) is 1.06. The highest BCUT2D eigenvalue weighted by atomic mass is 19.1. The van der Waals surface area contributed by atoms with E-state index in [1.54, 1.807) is 6.07 Å². The number of benzene rings is 1. The van der Waals surface area contributed by atoms with Crippen LogP contribution < -0.4 is 4.74 Å². The minimum Gasteiger partial charge on any atom is -0.495 e. The Hall–Kier alpha value is -1.60. The van der Waals surface area contributed by atoms with Gasteiger partial charge in [-0.1, -0.05) is 6.07 Å². The Bertz CT molecular complexity index is 357. The lowest BCUT2D eigenvalue weighted by atomic mass is 10.1. The smallest absolute Gasteiger partial charge is 0.145 e. The van der Waals surface area contributed by atoms with Gasteiger partial charge < -0.3 is 9.84 Å². The molecule has 0 aromatic heterocycles. The van der Waals surface area contributed by atoms with E-state index in [0.29, 0.717) is 5.56 Å². The van der Waals surface area contributed by atoms with Crippen LogP contribution in [0.4, 0.5) is 4.39 Å². The van der Waals surface area contributed by atoms with Crippen molar-refractivity contribution in [1.29, 1.82) is 5.26 Å². The summed E-state index contributed by atoms with van der Waals surface area (Å²) >= 11 is 0. The SMILES string of the molecule is COc1c(CO)ccc(F)c1C#N. The molecular weight excluding hydrogens is 173 g/mol. The molecule has 0 fully saturated rings. The zero-order valence-corrected chi connectivity index (χ0v) is 7.04. The molecule has 0 unspecified atom stereocenters. The standard InChI is InChI=1S/C9H8FNO2/c1-13-9-6(5-12)2-3-8(10)7(9)4-11/h2-3,12H,5H2,1H3. The van der Waals surface area contributed by atoms with E-state index in [4.69, 9.17) is 15.1 Å². The van der Waals surface area contributed by atoms with Crippen LogP contribution in [-0.4, -0.2) is 12.2 Å². The first-order valence-electron chi connectivity index (χ1n) is 3.61. The Morgan fingerprint density at radius 1 is 1.62 bits per heavy atom. The number of nitriles is 1. The van der Waals surface area contributed by atoms with Gasteiger partial charge in [0.2, 0.25) is 0 Å². The van der Waals surface area contributed by atoms with Crippen LogP contribution in [0, 0.1) is 17.1 Å². The molecule has 0 aliphatic carbocycles. The van der Waals surface area contributed by atoms with E-state index in [9.17, 15) is 4.39 Å².